The van der Waals surface area contributed by atoms with Crippen LogP contribution < -0.4 is 0 Å². The van der Waals surface area contributed by atoms with E-state index in [-0.39, 0.29) is 6.42 Å². The number of carbonyl (C=O) groups is 1. The van der Waals surface area contributed by atoms with Crippen LogP contribution in [0.15, 0.2) is 0 Å². The van der Waals surface area contributed by atoms with Gasteiger partial charge < -0.3 is 10.2 Å². The summed E-state index contributed by atoms with van der Waals surface area (Å²) >= 11 is 0. The Hall–Kier alpha value is -0.500. The summed E-state index contributed by atoms with van der Waals surface area (Å²) in [5.74, 6) is -1.07. The Morgan fingerprint density at radius 2 is 1.93 bits per heavy atom. The lowest BCUT2D eigenvalue weighted by Gasteiger charge is -2.14. The maximum Gasteiger partial charge on any atom is 0.275 e. The molecule has 0 rings (SSSR count). The summed E-state index contributed by atoms with van der Waals surface area (Å²) in [5, 5.41) is 15.7. The Labute approximate surface area is 82.3 Å². The number of hydrogen-bond acceptors (Lipinski definition) is 5. The molecule has 0 aliphatic carbocycles. The van der Waals surface area contributed by atoms with Gasteiger partial charge in [0.1, 0.15) is 11.4 Å². The molecule has 3 N–H and O–H groups in total. The van der Waals surface area contributed by atoms with Gasteiger partial charge in [0.05, 0.1) is 6.61 Å². The fraction of sp³-hybridized carbons (Fsp3) is 0.857. The van der Waals surface area contributed by atoms with Crippen molar-refractivity contribution in [3.05, 3.63) is 0 Å². The molecule has 0 saturated heterocycles. The summed E-state index contributed by atoms with van der Waals surface area (Å²) in [5.41, 5.74) is 0. The van der Waals surface area contributed by atoms with Gasteiger partial charge in [0.25, 0.3) is 10.1 Å². The molecule has 0 saturated carbocycles. The van der Waals surface area contributed by atoms with Gasteiger partial charge in [-0.2, -0.15) is 8.42 Å². The predicted molar refractivity (Wildman–Crippen MR) is 48.3 cm³/mol. The zero-order chi connectivity index (χ0) is 11.4. The highest BCUT2D eigenvalue weighted by Gasteiger charge is 2.33. The van der Waals surface area contributed by atoms with Crippen LogP contribution in [0.4, 0.5) is 0 Å². The minimum Gasteiger partial charge on any atom is -0.393 e. The van der Waals surface area contributed by atoms with Crippen molar-refractivity contribution in [2.45, 2.75) is 31.1 Å². The van der Waals surface area contributed by atoms with Crippen LogP contribution in [0.1, 0.15) is 19.8 Å². The number of rotatable bonds is 6. The maximum absolute atomic E-state index is 11.2. The monoisotopic (exact) mass is 226 g/mol. The number of carbonyl (C=O) groups excluding carboxylic acids is 1. The molecular formula is C7H14O6S. The SMILES string of the molecule is CCCC(C(=O)C(O)CO)S(=O)(=O)O. The van der Waals surface area contributed by atoms with Gasteiger partial charge in [0, 0.05) is 0 Å². The minimum absolute atomic E-state index is 0.0747. The van der Waals surface area contributed by atoms with Gasteiger partial charge in [-0.1, -0.05) is 13.3 Å². The first-order valence-electron chi connectivity index (χ1n) is 4.13. The van der Waals surface area contributed by atoms with E-state index in [2.05, 4.69) is 0 Å². The van der Waals surface area contributed by atoms with Crippen molar-refractivity contribution in [3.63, 3.8) is 0 Å². The average molecular weight is 226 g/mol. The van der Waals surface area contributed by atoms with Crippen molar-refractivity contribution < 1.29 is 28.0 Å². The van der Waals surface area contributed by atoms with Crippen molar-refractivity contribution in [2.75, 3.05) is 6.61 Å². The van der Waals surface area contributed by atoms with Crippen LogP contribution in [-0.4, -0.2) is 46.9 Å². The maximum atomic E-state index is 11.2. The van der Waals surface area contributed by atoms with E-state index in [9.17, 15) is 13.2 Å². The van der Waals surface area contributed by atoms with Crippen molar-refractivity contribution >= 4 is 15.9 Å². The molecule has 2 atom stereocenters. The average Bonchev–Trinajstić information content (AvgIpc) is 2.09. The van der Waals surface area contributed by atoms with Gasteiger partial charge in [-0.25, -0.2) is 0 Å². The molecule has 0 aliphatic heterocycles. The third kappa shape index (κ3) is 3.70. The molecule has 0 aliphatic rings. The van der Waals surface area contributed by atoms with Crippen LogP contribution in [-0.2, 0) is 14.9 Å². The second-order valence-electron chi connectivity index (χ2n) is 2.89. The highest BCUT2D eigenvalue weighted by Crippen LogP contribution is 2.10. The Bertz CT molecular complexity index is 283. The van der Waals surface area contributed by atoms with Crippen LogP contribution in [0, 0.1) is 0 Å². The lowest BCUT2D eigenvalue weighted by Crippen LogP contribution is -2.39. The highest BCUT2D eigenvalue weighted by molar-refractivity contribution is 7.87. The molecule has 0 heterocycles. The Morgan fingerprint density at radius 3 is 2.21 bits per heavy atom. The molecule has 0 aromatic rings. The second-order valence-corrected chi connectivity index (χ2v) is 4.49. The number of ketones is 1. The van der Waals surface area contributed by atoms with E-state index < -0.39 is 33.9 Å². The molecule has 0 fully saturated rings. The molecule has 0 bridgehead atoms. The van der Waals surface area contributed by atoms with Crippen molar-refractivity contribution in [1.29, 1.82) is 0 Å². The van der Waals surface area contributed by atoms with Crippen LogP contribution in [0.3, 0.4) is 0 Å². The van der Waals surface area contributed by atoms with Gasteiger partial charge >= 0.3 is 0 Å². The molecule has 0 aromatic heterocycles. The highest BCUT2D eigenvalue weighted by atomic mass is 32.2. The van der Waals surface area contributed by atoms with E-state index in [1.54, 1.807) is 6.92 Å². The largest absolute Gasteiger partial charge is 0.393 e. The van der Waals surface area contributed by atoms with E-state index in [4.69, 9.17) is 14.8 Å². The first-order valence-corrected chi connectivity index (χ1v) is 5.63. The zero-order valence-electron chi connectivity index (χ0n) is 7.75. The lowest BCUT2D eigenvalue weighted by atomic mass is 10.1. The second kappa shape index (κ2) is 5.40. The van der Waals surface area contributed by atoms with Crippen LogP contribution in [0.2, 0.25) is 0 Å². The van der Waals surface area contributed by atoms with E-state index in [0.717, 1.165) is 0 Å². The first-order chi connectivity index (χ1) is 6.34. The smallest absolute Gasteiger partial charge is 0.275 e. The molecule has 6 nitrogen and oxygen atoms in total. The van der Waals surface area contributed by atoms with E-state index in [0.29, 0.717) is 6.42 Å². The first kappa shape index (κ1) is 13.5. The molecular weight excluding hydrogens is 212 g/mol. The predicted octanol–water partition coefficient (Wildman–Crippen LogP) is -1.03. The lowest BCUT2D eigenvalue weighted by molar-refractivity contribution is -0.128. The van der Waals surface area contributed by atoms with Crippen LogP contribution >= 0.6 is 0 Å². The number of aliphatic hydroxyl groups excluding tert-OH is 2. The summed E-state index contributed by atoms with van der Waals surface area (Å²) in [6, 6.07) is 0. The molecule has 0 amide bonds. The standard InChI is InChI=1S/C7H14O6S/c1-2-3-6(14(11,12)13)7(10)5(9)4-8/h5-6,8-9H,2-4H2,1H3,(H,11,12,13). The molecule has 0 radical (unpaired) electrons. The Balaban J connectivity index is 4.76. The van der Waals surface area contributed by atoms with E-state index >= 15 is 0 Å². The van der Waals surface area contributed by atoms with Gasteiger partial charge in [0.2, 0.25) is 0 Å². The topological polar surface area (TPSA) is 112 Å². The normalized spacial score (nSPS) is 16.3. The minimum atomic E-state index is -4.50. The number of hydrogen-bond donors (Lipinski definition) is 3. The van der Waals surface area contributed by atoms with Crippen molar-refractivity contribution in [3.8, 4) is 0 Å². The molecule has 0 spiro atoms. The van der Waals surface area contributed by atoms with Crippen LogP contribution in [0.5, 0.6) is 0 Å². The third-order valence-electron chi connectivity index (χ3n) is 1.73. The summed E-state index contributed by atoms with van der Waals surface area (Å²) in [6.07, 6.45) is -1.46. The Kier molecular flexibility index (Phi) is 5.21. The molecule has 14 heavy (non-hydrogen) atoms. The summed E-state index contributed by atoms with van der Waals surface area (Å²) in [7, 11) is -4.50. The quantitative estimate of drug-likeness (QED) is 0.499. The molecule has 7 heteroatoms. The van der Waals surface area contributed by atoms with Gasteiger partial charge in [-0.05, 0) is 6.42 Å². The number of Topliss-reactive ketones (excluding diaryl/α,β-unsaturated/α-hetero) is 1. The summed E-state index contributed by atoms with van der Waals surface area (Å²) in [4.78, 5) is 11.2. The van der Waals surface area contributed by atoms with Gasteiger partial charge in [0.15, 0.2) is 5.78 Å². The number of aliphatic hydroxyl groups is 2. The van der Waals surface area contributed by atoms with E-state index in [1.165, 1.54) is 0 Å². The van der Waals surface area contributed by atoms with Crippen LogP contribution in [0.25, 0.3) is 0 Å². The summed E-state index contributed by atoms with van der Waals surface area (Å²) < 4.78 is 30.1. The molecule has 2 unspecified atom stereocenters. The fourth-order valence-electron chi connectivity index (χ4n) is 1.00. The van der Waals surface area contributed by atoms with Crippen molar-refractivity contribution in [2.24, 2.45) is 0 Å². The Morgan fingerprint density at radius 1 is 1.43 bits per heavy atom. The van der Waals surface area contributed by atoms with Crippen molar-refractivity contribution in [1.82, 2.24) is 0 Å². The molecule has 0 aromatic carbocycles. The van der Waals surface area contributed by atoms with Gasteiger partial charge in [-0.3, -0.25) is 9.35 Å². The van der Waals surface area contributed by atoms with Gasteiger partial charge in [-0.15, -0.1) is 0 Å². The fourth-order valence-corrected chi connectivity index (χ4v) is 1.99. The summed E-state index contributed by atoms with van der Waals surface area (Å²) in [6.45, 7) is 0.783. The zero-order valence-corrected chi connectivity index (χ0v) is 8.57. The van der Waals surface area contributed by atoms with E-state index in [1.807, 2.05) is 0 Å². The third-order valence-corrected chi connectivity index (χ3v) is 2.92. The molecule has 84 valence electrons.